The number of nitrogens with one attached hydrogen (secondary N) is 1. The Bertz CT molecular complexity index is 579. The van der Waals surface area contributed by atoms with Crippen molar-refractivity contribution in [2.24, 2.45) is 5.92 Å². The van der Waals surface area contributed by atoms with Crippen molar-refractivity contribution in [2.45, 2.75) is 24.2 Å². The van der Waals surface area contributed by atoms with E-state index in [0.717, 1.165) is 25.0 Å². The van der Waals surface area contributed by atoms with Crippen molar-refractivity contribution in [1.29, 1.82) is 0 Å². The molecule has 1 unspecified atom stereocenters. The van der Waals surface area contributed by atoms with Gasteiger partial charge in [0.05, 0.1) is 17.4 Å². The number of ether oxygens (including phenoxy) is 1. The predicted molar refractivity (Wildman–Crippen MR) is 79.7 cm³/mol. The molecular formula is C14H18ClNO4S. The average Bonchev–Trinajstić information content (AvgIpc) is 2.47. The third-order valence-electron chi connectivity index (χ3n) is 3.45. The zero-order valence-corrected chi connectivity index (χ0v) is 13.1. The summed E-state index contributed by atoms with van der Waals surface area (Å²) in [5.74, 6) is -0.0304. The van der Waals surface area contributed by atoms with Crippen LogP contribution in [0, 0.1) is 5.92 Å². The minimum Gasteiger partial charge on any atom is -0.381 e. The van der Waals surface area contributed by atoms with E-state index < -0.39 is 9.05 Å². The van der Waals surface area contributed by atoms with Gasteiger partial charge in [-0.1, -0.05) is 12.1 Å². The molecule has 1 aromatic carbocycles. The molecule has 1 saturated heterocycles. The van der Waals surface area contributed by atoms with Crippen LogP contribution < -0.4 is 5.32 Å². The molecule has 21 heavy (non-hydrogen) atoms. The van der Waals surface area contributed by atoms with Crippen LogP contribution in [-0.2, 0) is 25.0 Å². The fraction of sp³-hybridized carbons (Fsp3) is 0.500. The Morgan fingerprint density at radius 2 is 2.05 bits per heavy atom. The summed E-state index contributed by atoms with van der Waals surface area (Å²) >= 11 is 0. The van der Waals surface area contributed by atoms with E-state index in [1.54, 1.807) is 12.1 Å². The maximum atomic E-state index is 11.9. The van der Waals surface area contributed by atoms with Gasteiger partial charge in [-0.05, 0) is 37.0 Å². The van der Waals surface area contributed by atoms with Crippen molar-refractivity contribution in [3.05, 3.63) is 29.8 Å². The second-order valence-electron chi connectivity index (χ2n) is 5.04. The van der Waals surface area contributed by atoms with Gasteiger partial charge in [0.1, 0.15) is 0 Å². The van der Waals surface area contributed by atoms with Crippen molar-refractivity contribution in [2.75, 3.05) is 19.8 Å². The molecule has 0 aromatic heterocycles. The van der Waals surface area contributed by atoms with Gasteiger partial charge in [-0.2, -0.15) is 0 Å². The maximum absolute atomic E-state index is 11.9. The highest BCUT2D eigenvalue weighted by atomic mass is 35.7. The highest BCUT2D eigenvalue weighted by Gasteiger charge is 2.21. The van der Waals surface area contributed by atoms with E-state index >= 15 is 0 Å². The first kappa shape index (κ1) is 16.3. The van der Waals surface area contributed by atoms with Gasteiger partial charge >= 0.3 is 0 Å². The van der Waals surface area contributed by atoms with Gasteiger partial charge in [-0.3, -0.25) is 4.79 Å². The average molecular weight is 332 g/mol. The SMILES string of the molecule is O=C(NCCc1ccc(S(=O)(=O)Cl)cc1)C1CCCOC1. The molecule has 1 heterocycles. The Kier molecular flexibility index (Phi) is 5.61. The first-order valence-electron chi connectivity index (χ1n) is 6.86. The summed E-state index contributed by atoms with van der Waals surface area (Å²) in [7, 11) is 1.57. The number of carbonyl (C=O) groups is 1. The zero-order chi connectivity index (χ0) is 15.3. The van der Waals surface area contributed by atoms with E-state index in [0.29, 0.717) is 19.6 Å². The van der Waals surface area contributed by atoms with Crippen molar-refractivity contribution < 1.29 is 17.9 Å². The van der Waals surface area contributed by atoms with E-state index in [2.05, 4.69) is 5.32 Å². The largest absolute Gasteiger partial charge is 0.381 e. The van der Waals surface area contributed by atoms with Gasteiger partial charge < -0.3 is 10.1 Å². The molecule has 1 atom stereocenters. The molecule has 1 aromatic rings. The Balaban J connectivity index is 1.79. The normalized spacial score (nSPS) is 19.2. The highest BCUT2D eigenvalue weighted by molar-refractivity contribution is 8.13. The minimum absolute atomic E-state index is 0.0228. The minimum atomic E-state index is -3.68. The number of hydrogen-bond donors (Lipinski definition) is 1. The number of benzene rings is 1. The molecule has 0 spiro atoms. The molecule has 0 bridgehead atoms. The smallest absolute Gasteiger partial charge is 0.261 e. The monoisotopic (exact) mass is 331 g/mol. The van der Waals surface area contributed by atoms with E-state index in [1.807, 2.05) is 0 Å². The second-order valence-corrected chi connectivity index (χ2v) is 7.60. The number of amides is 1. The summed E-state index contributed by atoms with van der Waals surface area (Å²) in [6.07, 6.45) is 2.43. The van der Waals surface area contributed by atoms with Crippen LogP contribution in [0.1, 0.15) is 18.4 Å². The first-order chi connectivity index (χ1) is 9.97. The van der Waals surface area contributed by atoms with Crippen LogP contribution in [0.25, 0.3) is 0 Å². The van der Waals surface area contributed by atoms with Gasteiger partial charge in [0.25, 0.3) is 9.05 Å². The summed E-state index contributed by atoms with van der Waals surface area (Å²) in [5, 5.41) is 2.88. The molecule has 7 heteroatoms. The van der Waals surface area contributed by atoms with Crippen LogP contribution in [0.15, 0.2) is 29.2 Å². The molecule has 2 rings (SSSR count). The molecule has 116 valence electrons. The number of rotatable bonds is 5. The van der Waals surface area contributed by atoms with Crippen LogP contribution >= 0.6 is 10.7 Å². The van der Waals surface area contributed by atoms with E-state index in [4.69, 9.17) is 15.4 Å². The number of hydrogen-bond acceptors (Lipinski definition) is 4. The summed E-state index contributed by atoms with van der Waals surface area (Å²) in [6, 6.07) is 6.33. The fourth-order valence-electron chi connectivity index (χ4n) is 2.24. The summed E-state index contributed by atoms with van der Waals surface area (Å²) in [6.45, 7) is 1.75. The lowest BCUT2D eigenvalue weighted by Crippen LogP contribution is -2.36. The maximum Gasteiger partial charge on any atom is 0.261 e. The third-order valence-corrected chi connectivity index (χ3v) is 4.82. The Morgan fingerprint density at radius 3 is 2.62 bits per heavy atom. The Labute approximate surface area is 129 Å². The van der Waals surface area contributed by atoms with Gasteiger partial charge in [0.15, 0.2) is 0 Å². The van der Waals surface area contributed by atoms with Crippen molar-refractivity contribution in [3.8, 4) is 0 Å². The molecule has 0 radical (unpaired) electrons. The second kappa shape index (κ2) is 7.24. The van der Waals surface area contributed by atoms with Crippen molar-refractivity contribution in [3.63, 3.8) is 0 Å². The molecule has 1 fully saturated rings. The van der Waals surface area contributed by atoms with Gasteiger partial charge in [0, 0.05) is 23.8 Å². The quantitative estimate of drug-likeness (QED) is 0.833. The Hall–Kier alpha value is -1.11. The van der Waals surface area contributed by atoms with Gasteiger partial charge in [-0.15, -0.1) is 0 Å². The molecule has 1 amide bonds. The molecule has 1 N–H and O–H groups in total. The fourth-order valence-corrected chi connectivity index (χ4v) is 3.01. The first-order valence-corrected chi connectivity index (χ1v) is 9.17. The topological polar surface area (TPSA) is 72.5 Å². The molecule has 1 aliphatic rings. The third kappa shape index (κ3) is 4.98. The standard InChI is InChI=1S/C14H18ClNO4S/c15-21(18,19)13-5-3-11(4-6-13)7-8-16-14(17)12-2-1-9-20-10-12/h3-6,12H,1-2,7-10H2,(H,16,17). The van der Waals surface area contributed by atoms with Crippen LogP contribution in [0.3, 0.4) is 0 Å². The van der Waals surface area contributed by atoms with Crippen LogP contribution in [0.5, 0.6) is 0 Å². The lowest BCUT2D eigenvalue weighted by Gasteiger charge is -2.21. The summed E-state index contributed by atoms with van der Waals surface area (Å²) < 4.78 is 27.5. The van der Waals surface area contributed by atoms with E-state index in [1.165, 1.54) is 12.1 Å². The predicted octanol–water partition coefficient (Wildman–Crippen LogP) is 1.70. The molecule has 5 nitrogen and oxygen atoms in total. The van der Waals surface area contributed by atoms with Crippen LogP contribution in [-0.4, -0.2) is 34.1 Å². The van der Waals surface area contributed by atoms with E-state index in [-0.39, 0.29) is 16.7 Å². The van der Waals surface area contributed by atoms with Crippen LogP contribution in [0.2, 0.25) is 0 Å². The van der Waals surface area contributed by atoms with Crippen molar-refractivity contribution >= 4 is 25.6 Å². The lowest BCUT2D eigenvalue weighted by atomic mass is 10.0. The molecule has 0 aliphatic carbocycles. The van der Waals surface area contributed by atoms with Crippen molar-refractivity contribution in [1.82, 2.24) is 5.32 Å². The summed E-state index contributed by atoms with van der Waals surface area (Å²) in [4.78, 5) is 12.0. The van der Waals surface area contributed by atoms with Gasteiger partial charge in [0.2, 0.25) is 5.91 Å². The zero-order valence-electron chi connectivity index (χ0n) is 11.5. The Morgan fingerprint density at radius 1 is 1.33 bits per heavy atom. The number of carbonyl (C=O) groups excluding carboxylic acids is 1. The highest BCUT2D eigenvalue weighted by Crippen LogP contribution is 2.16. The van der Waals surface area contributed by atoms with Crippen LogP contribution in [0.4, 0.5) is 0 Å². The molecular weight excluding hydrogens is 314 g/mol. The molecule has 0 saturated carbocycles. The summed E-state index contributed by atoms with van der Waals surface area (Å²) in [5.41, 5.74) is 0.944. The lowest BCUT2D eigenvalue weighted by molar-refractivity contribution is -0.128. The molecule has 1 aliphatic heterocycles. The number of halogens is 1. The van der Waals surface area contributed by atoms with Gasteiger partial charge in [-0.25, -0.2) is 8.42 Å². The van der Waals surface area contributed by atoms with E-state index in [9.17, 15) is 13.2 Å².